The number of hydrogen-bond acceptors (Lipinski definition) is 1. The third-order valence-electron chi connectivity index (χ3n) is 3.66. The van der Waals surface area contributed by atoms with Crippen LogP contribution in [0.25, 0.3) is 0 Å². The van der Waals surface area contributed by atoms with Crippen molar-refractivity contribution in [2.75, 3.05) is 11.4 Å². The van der Waals surface area contributed by atoms with E-state index in [0.717, 1.165) is 17.3 Å². The van der Waals surface area contributed by atoms with Gasteiger partial charge >= 0.3 is 0 Å². The van der Waals surface area contributed by atoms with Crippen LogP contribution in [0.1, 0.15) is 36.3 Å². The molecular weight excluding hydrogens is 335 g/mol. The van der Waals surface area contributed by atoms with Gasteiger partial charge in [-0.05, 0) is 60.0 Å². The van der Waals surface area contributed by atoms with Crippen LogP contribution in [0.3, 0.4) is 0 Å². The Morgan fingerprint density at radius 1 is 1.43 bits per heavy atom. The van der Waals surface area contributed by atoms with Crippen LogP contribution in [0, 0.1) is 5.82 Å². The van der Waals surface area contributed by atoms with E-state index in [1.807, 2.05) is 23.8 Å². The maximum atomic E-state index is 13.4. The second-order valence-corrected chi connectivity index (χ2v) is 6.13. The van der Waals surface area contributed by atoms with E-state index in [9.17, 15) is 9.18 Å². The molecule has 1 fully saturated rings. The highest BCUT2D eigenvalue weighted by Crippen LogP contribution is 2.38. The van der Waals surface area contributed by atoms with E-state index in [1.165, 1.54) is 12.1 Å². The topological polar surface area (TPSA) is 25.2 Å². The molecule has 1 aliphatic rings. The molecule has 21 heavy (non-hydrogen) atoms. The highest BCUT2D eigenvalue weighted by Gasteiger charge is 2.29. The summed E-state index contributed by atoms with van der Waals surface area (Å²) in [5.74, 6) is -0.432. The van der Waals surface area contributed by atoms with E-state index in [-0.39, 0.29) is 11.7 Å². The molecular formula is C16H16BrFN2O. The minimum Gasteiger partial charge on any atom is -0.339 e. The minimum atomic E-state index is -0.336. The summed E-state index contributed by atoms with van der Waals surface area (Å²) in [5.41, 5.74) is 1.23. The van der Waals surface area contributed by atoms with Crippen molar-refractivity contribution in [2.45, 2.75) is 25.8 Å². The van der Waals surface area contributed by atoms with Gasteiger partial charge < -0.3 is 9.47 Å². The van der Waals surface area contributed by atoms with Crippen LogP contribution in [0.15, 0.2) is 41.0 Å². The molecule has 0 aliphatic heterocycles. The smallest absolute Gasteiger partial charge is 0.274 e. The van der Waals surface area contributed by atoms with Gasteiger partial charge in [0.05, 0.1) is 0 Å². The first-order valence-electron chi connectivity index (χ1n) is 7.05. The van der Waals surface area contributed by atoms with Crippen molar-refractivity contribution in [2.24, 2.45) is 0 Å². The summed E-state index contributed by atoms with van der Waals surface area (Å²) < 4.78 is 16.3. The molecule has 0 unspecified atom stereocenters. The van der Waals surface area contributed by atoms with Gasteiger partial charge in [0.1, 0.15) is 11.5 Å². The molecule has 3 nitrogen and oxygen atoms in total. The van der Waals surface area contributed by atoms with Crippen LogP contribution in [-0.4, -0.2) is 17.0 Å². The number of amides is 1. The zero-order chi connectivity index (χ0) is 15.0. The van der Waals surface area contributed by atoms with Crippen molar-refractivity contribution in [3.63, 3.8) is 0 Å². The number of rotatable bonds is 4. The Kier molecular flexibility index (Phi) is 3.85. The molecule has 110 valence electrons. The Morgan fingerprint density at radius 3 is 2.81 bits per heavy atom. The molecule has 0 N–H and O–H groups in total. The van der Waals surface area contributed by atoms with E-state index in [2.05, 4.69) is 15.9 Å². The monoisotopic (exact) mass is 350 g/mol. The quantitative estimate of drug-likeness (QED) is 0.802. The van der Waals surface area contributed by atoms with Gasteiger partial charge in [-0.3, -0.25) is 4.79 Å². The average molecular weight is 351 g/mol. The van der Waals surface area contributed by atoms with Gasteiger partial charge in [0.25, 0.3) is 5.91 Å². The molecule has 0 spiro atoms. The number of carbonyl (C=O) groups excluding carboxylic acids is 1. The predicted octanol–water partition coefficient (Wildman–Crippen LogP) is 4.39. The van der Waals surface area contributed by atoms with E-state index < -0.39 is 0 Å². The Morgan fingerprint density at radius 2 is 2.19 bits per heavy atom. The molecule has 1 aliphatic carbocycles. The van der Waals surface area contributed by atoms with Gasteiger partial charge in [-0.2, -0.15) is 0 Å². The van der Waals surface area contributed by atoms with Crippen LogP contribution in [0.5, 0.6) is 0 Å². The first-order valence-corrected chi connectivity index (χ1v) is 7.84. The number of carbonyl (C=O) groups is 1. The highest BCUT2D eigenvalue weighted by atomic mass is 79.9. The Balaban J connectivity index is 1.96. The molecule has 0 atom stereocenters. The number of halogens is 2. The Hall–Kier alpha value is -1.62. The lowest BCUT2D eigenvalue weighted by molar-refractivity contribution is 0.0979. The zero-order valence-corrected chi connectivity index (χ0v) is 13.3. The molecule has 0 radical (unpaired) electrons. The van der Waals surface area contributed by atoms with Crippen molar-refractivity contribution < 1.29 is 9.18 Å². The van der Waals surface area contributed by atoms with Crippen LogP contribution in [-0.2, 0) is 0 Å². The number of nitrogens with zero attached hydrogens (tertiary/aromatic N) is 2. The van der Waals surface area contributed by atoms with Crippen molar-refractivity contribution >= 4 is 27.5 Å². The number of hydrogen-bond donors (Lipinski definition) is 0. The van der Waals surface area contributed by atoms with Gasteiger partial charge in [-0.25, -0.2) is 4.39 Å². The fraction of sp³-hybridized carbons (Fsp3) is 0.312. The molecule has 0 bridgehead atoms. The molecule has 1 heterocycles. The maximum absolute atomic E-state index is 13.4. The fourth-order valence-electron chi connectivity index (χ4n) is 2.50. The largest absolute Gasteiger partial charge is 0.339 e. The molecule has 5 heteroatoms. The lowest BCUT2D eigenvalue weighted by atomic mass is 10.2. The lowest BCUT2D eigenvalue weighted by Gasteiger charge is -2.22. The van der Waals surface area contributed by atoms with Gasteiger partial charge in [0, 0.05) is 28.9 Å². The maximum Gasteiger partial charge on any atom is 0.274 e. The third-order valence-corrected chi connectivity index (χ3v) is 4.09. The molecule has 1 amide bonds. The molecule has 1 saturated carbocycles. The number of aromatic nitrogens is 1. The van der Waals surface area contributed by atoms with Gasteiger partial charge in [-0.15, -0.1) is 0 Å². The minimum absolute atomic E-state index is 0.0966. The predicted molar refractivity (Wildman–Crippen MR) is 84.2 cm³/mol. The number of benzene rings is 1. The molecule has 1 aromatic carbocycles. The van der Waals surface area contributed by atoms with E-state index in [0.29, 0.717) is 24.0 Å². The normalized spacial score (nSPS) is 14.2. The molecule has 0 saturated heterocycles. The van der Waals surface area contributed by atoms with Crippen LogP contribution in [0.4, 0.5) is 10.1 Å². The van der Waals surface area contributed by atoms with Gasteiger partial charge in [0.15, 0.2) is 0 Å². The van der Waals surface area contributed by atoms with Crippen molar-refractivity contribution in [1.82, 2.24) is 4.57 Å². The lowest BCUT2D eigenvalue weighted by Crippen LogP contribution is -2.32. The summed E-state index contributed by atoms with van der Waals surface area (Å²) in [6, 6.07) is 8.40. The molecule has 2 aromatic rings. The van der Waals surface area contributed by atoms with Crippen LogP contribution < -0.4 is 4.90 Å². The standard InChI is InChI=1S/C16H16BrFN2O/c1-2-19(14-5-3-4-12(18)9-14)16(21)15-8-11(17)10-20(15)13-6-7-13/h3-5,8-10,13H,2,6-7H2,1H3. The van der Waals surface area contributed by atoms with Gasteiger partial charge in [0.2, 0.25) is 0 Å². The average Bonchev–Trinajstić information content (AvgIpc) is 3.22. The molecule has 1 aromatic heterocycles. The summed E-state index contributed by atoms with van der Waals surface area (Å²) in [6.45, 7) is 2.39. The van der Waals surface area contributed by atoms with Gasteiger partial charge in [-0.1, -0.05) is 6.07 Å². The van der Waals surface area contributed by atoms with Crippen molar-refractivity contribution in [3.8, 4) is 0 Å². The van der Waals surface area contributed by atoms with E-state index in [1.54, 1.807) is 17.0 Å². The summed E-state index contributed by atoms with van der Waals surface area (Å²) in [6.07, 6.45) is 4.16. The second-order valence-electron chi connectivity index (χ2n) is 5.21. The Labute approximate surface area is 131 Å². The van der Waals surface area contributed by atoms with Crippen LogP contribution >= 0.6 is 15.9 Å². The first-order chi connectivity index (χ1) is 10.1. The highest BCUT2D eigenvalue weighted by molar-refractivity contribution is 9.10. The van der Waals surface area contributed by atoms with E-state index in [4.69, 9.17) is 0 Å². The SMILES string of the molecule is CCN(C(=O)c1cc(Br)cn1C1CC1)c1cccc(F)c1. The summed E-state index contributed by atoms with van der Waals surface area (Å²) in [4.78, 5) is 14.4. The van der Waals surface area contributed by atoms with Crippen molar-refractivity contribution in [1.29, 1.82) is 0 Å². The summed E-state index contributed by atoms with van der Waals surface area (Å²) in [5, 5.41) is 0. The molecule has 3 rings (SSSR count). The fourth-order valence-corrected chi connectivity index (χ4v) is 2.93. The number of anilines is 1. The Bertz CT molecular complexity index is 679. The summed E-state index contributed by atoms with van der Waals surface area (Å²) >= 11 is 3.43. The van der Waals surface area contributed by atoms with E-state index >= 15 is 0 Å². The van der Waals surface area contributed by atoms with Crippen molar-refractivity contribution in [3.05, 3.63) is 52.5 Å². The second kappa shape index (κ2) is 5.64. The summed E-state index contributed by atoms with van der Waals surface area (Å²) in [7, 11) is 0. The first kappa shape index (κ1) is 14.3. The third kappa shape index (κ3) is 2.88. The van der Waals surface area contributed by atoms with Crippen LogP contribution in [0.2, 0.25) is 0 Å². The zero-order valence-electron chi connectivity index (χ0n) is 11.7.